The summed E-state index contributed by atoms with van der Waals surface area (Å²) in [6.45, 7) is 3.54. The maximum absolute atomic E-state index is 11.1. The van der Waals surface area contributed by atoms with Crippen LogP contribution in [0, 0.1) is 0 Å². The number of halogens is 2. The van der Waals surface area contributed by atoms with E-state index in [1.807, 2.05) is 4.98 Å². The lowest BCUT2D eigenvalue weighted by Gasteiger charge is -2.02. The average molecular weight is 221 g/mol. The van der Waals surface area contributed by atoms with Crippen LogP contribution in [0.15, 0.2) is 27.4 Å². The summed E-state index contributed by atoms with van der Waals surface area (Å²) in [5.74, 6) is 0. The van der Waals surface area contributed by atoms with Crippen molar-refractivity contribution < 1.29 is 0 Å². The number of aromatic nitrogens is 2. The summed E-state index contributed by atoms with van der Waals surface area (Å²) < 4.78 is 1.17. The van der Waals surface area contributed by atoms with Crippen molar-refractivity contribution in [2.75, 3.05) is 0 Å². The van der Waals surface area contributed by atoms with Crippen LogP contribution in [0.4, 0.5) is 0 Å². The monoisotopic (exact) mass is 220 g/mol. The Morgan fingerprint density at radius 1 is 1.62 bits per heavy atom. The first-order valence-electron chi connectivity index (χ1n) is 3.33. The third-order valence-corrected chi connectivity index (χ3v) is 1.70. The van der Waals surface area contributed by atoms with Gasteiger partial charge in [0.15, 0.2) is 0 Å². The minimum absolute atomic E-state index is 0.0579. The van der Waals surface area contributed by atoms with Gasteiger partial charge in [0, 0.05) is 11.2 Å². The fourth-order valence-corrected chi connectivity index (χ4v) is 1.08. The lowest BCUT2D eigenvalue weighted by molar-refractivity contribution is 0.730. The lowest BCUT2D eigenvalue weighted by Crippen LogP contribution is -2.29. The molecule has 1 aromatic heterocycles. The van der Waals surface area contributed by atoms with Gasteiger partial charge in [-0.25, -0.2) is 4.79 Å². The summed E-state index contributed by atoms with van der Waals surface area (Å²) in [4.78, 5) is 23.9. The smallest absolute Gasteiger partial charge is 0.294 e. The first-order chi connectivity index (χ1) is 6.00. The van der Waals surface area contributed by atoms with Gasteiger partial charge in [0.25, 0.3) is 5.56 Å². The molecule has 0 radical (unpaired) electrons. The number of H-pyrrole nitrogens is 1. The number of aromatic amines is 1. The first-order valence-corrected chi connectivity index (χ1v) is 4.09. The largest absolute Gasteiger partial charge is 0.328 e. The Labute approximate surface area is 83.4 Å². The number of allylic oxidation sites excluding steroid dienone is 1. The standard InChI is InChI=1S/C7H6Cl2N2O2/c1-4(8)2-11-3-5(9)6(12)10-7(11)13/h3H,1-2H2,(H,10,12,13). The molecule has 4 nitrogen and oxygen atoms in total. The number of nitrogens with zero attached hydrogens (tertiary/aromatic N) is 1. The SMILES string of the molecule is C=C(Cl)Cn1cc(Cl)c(=O)[nH]c1=O. The van der Waals surface area contributed by atoms with Gasteiger partial charge in [0.1, 0.15) is 5.02 Å². The summed E-state index contributed by atoms with van der Waals surface area (Å²) in [6.07, 6.45) is 1.22. The van der Waals surface area contributed by atoms with Gasteiger partial charge in [-0.1, -0.05) is 29.8 Å². The predicted molar refractivity (Wildman–Crippen MR) is 51.3 cm³/mol. The van der Waals surface area contributed by atoms with Crippen molar-refractivity contribution >= 4 is 23.2 Å². The third-order valence-electron chi connectivity index (χ3n) is 1.31. The summed E-state index contributed by atoms with van der Waals surface area (Å²) in [5.41, 5.74) is -1.17. The zero-order valence-electron chi connectivity index (χ0n) is 6.51. The molecule has 0 aliphatic carbocycles. The van der Waals surface area contributed by atoms with Crippen LogP contribution in [0.5, 0.6) is 0 Å². The molecule has 0 aromatic carbocycles. The molecule has 0 unspecified atom stereocenters. The van der Waals surface area contributed by atoms with Crippen LogP contribution in [0.3, 0.4) is 0 Å². The van der Waals surface area contributed by atoms with Crippen LogP contribution in [0.2, 0.25) is 5.02 Å². The summed E-state index contributed by atoms with van der Waals surface area (Å²) >= 11 is 11.0. The molecule has 6 heteroatoms. The number of nitrogens with one attached hydrogen (secondary N) is 1. The van der Waals surface area contributed by atoms with E-state index in [0.717, 1.165) is 0 Å². The van der Waals surface area contributed by atoms with Crippen LogP contribution >= 0.6 is 23.2 Å². The molecule has 13 heavy (non-hydrogen) atoms. The van der Waals surface area contributed by atoms with E-state index in [2.05, 4.69) is 6.58 Å². The van der Waals surface area contributed by atoms with Crippen LogP contribution in [-0.2, 0) is 6.54 Å². The van der Waals surface area contributed by atoms with E-state index in [9.17, 15) is 9.59 Å². The molecule has 0 bridgehead atoms. The van der Waals surface area contributed by atoms with Gasteiger partial charge in [-0.15, -0.1) is 0 Å². The van der Waals surface area contributed by atoms with Crippen molar-refractivity contribution in [1.82, 2.24) is 9.55 Å². The van der Waals surface area contributed by atoms with Gasteiger partial charge in [-0.2, -0.15) is 0 Å². The maximum atomic E-state index is 11.1. The quantitative estimate of drug-likeness (QED) is 0.807. The molecular weight excluding hydrogens is 215 g/mol. The van der Waals surface area contributed by atoms with Crippen molar-refractivity contribution in [2.45, 2.75) is 6.54 Å². The fraction of sp³-hybridized carbons (Fsp3) is 0.143. The third kappa shape index (κ3) is 2.47. The van der Waals surface area contributed by atoms with E-state index >= 15 is 0 Å². The summed E-state index contributed by atoms with van der Waals surface area (Å²) in [6, 6.07) is 0. The molecule has 0 atom stereocenters. The molecule has 0 saturated heterocycles. The van der Waals surface area contributed by atoms with E-state index in [0.29, 0.717) is 0 Å². The van der Waals surface area contributed by atoms with E-state index in [-0.39, 0.29) is 16.6 Å². The van der Waals surface area contributed by atoms with E-state index in [1.54, 1.807) is 0 Å². The number of hydrogen-bond acceptors (Lipinski definition) is 2. The maximum Gasteiger partial charge on any atom is 0.328 e. The van der Waals surface area contributed by atoms with Crippen molar-refractivity contribution in [2.24, 2.45) is 0 Å². The van der Waals surface area contributed by atoms with E-state index < -0.39 is 11.2 Å². The van der Waals surface area contributed by atoms with E-state index in [1.165, 1.54) is 10.8 Å². The molecule has 0 aliphatic rings. The Hall–Kier alpha value is -1.00. The molecule has 0 amide bonds. The molecule has 1 N–H and O–H groups in total. The minimum Gasteiger partial charge on any atom is -0.294 e. The second kappa shape index (κ2) is 3.81. The normalized spacial score (nSPS) is 10.0. The van der Waals surface area contributed by atoms with Gasteiger partial charge in [0.2, 0.25) is 0 Å². The van der Waals surface area contributed by atoms with Gasteiger partial charge in [0.05, 0.1) is 6.54 Å². The summed E-state index contributed by atoms with van der Waals surface area (Å²) in [7, 11) is 0. The summed E-state index contributed by atoms with van der Waals surface area (Å²) in [5, 5.41) is 0.225. The van der Waals surface area contributed by atoms with E-state index in [4.69, 9.17) is 23.2 Å². The highest BCUT2D eigenvalue weighted by molar-refractivity contribution is 6.30. The van der Waals surface area contributed by atoms with Gasteiger partial charge in [-0.05, 0) is 0 Å². The van der Waals surface area contributed by atoms with Crippen molar-refractivity contribution in [3.63, 3.8) is 0 Å². The van der Waals surface area contributed by atoms with Crippen molar-refractivity contribution in [1.29, 1.82) is 0 Å². The molecule has 0 fully saturated rings. The van der Waals surface area contributed by atoms with Gasteiger partial charge >= 0.3 is 5.69 Å². The topological polar surface area (TPSA) is 54.9 Å². The van der Waals surface area contributed by atoms with Crippen LogP contribution in [0.1, 0.15) is 0 Å². The van der Waals surface area contributed by atoms with Crippen molar-refractivity contribution in [3.8, 4) is 0 Å². The average Bonchev–Trinajstić information content (AvgIpc) is 1.99. The molecule has 0 saturated carbocycles. The van der Waals surface area contributed by atoms with Gasteiger partial charge in [-0.3, -0.25) is 14.3 Å². The van der Waals surface area contributed by atoms with Crippen LogP contribution in [-0.4, -0.2) is 9.55 Å². The molecular formula is C7H6Cl2N2O2. The Balaban J connectivity index is 3.24. The molecule has 1 rings (SSSR count). The lowest BCUT2D eigenvalue weighted by atomic mass is 10.5. The van der Waals surface area contributed by atoms with Crippen LogP contribution < -0.4 is 11.2 Å². The number of rotatable bonds is 2. The highest BCUT2D eigenvalue weighted by atomic mass is 35.5. The molecule has 1 aromatic rings. The molecule has 0 spiro atoms. The second-order valence-corrected chi connectivity index (χ2v) is 3.32. The highest BCUT2D eigenvalue weighted by Gasteiger charge is 2.01. The fourth-order valence-electron chi connectivity index (χ4n) is 0.785. The molecule has 0 aliphatic heterocycles. The zero-order valence-corrected chi connectivity index (χ0v) is 8.02. The first kappa shape index (κ1) is 10.1. The Morgan fingerprint density at radius 2 is 2.23 bits per heavy atom. The molecule has 70 valence electrons. The second-order valence-electron chi connectivity index (χ2n) is 2.38. The Morgan fingerprint density at radius 3 is 2.77 bits per heavy atom. The minimum atomic E-state index is -0.608. The Kier molecular flexibility index (Phi) is 2.95. The van der Waals surface area contributed by atoms with Crippen LogP contribution in [0.25, 0.3) is 0 Å². The van der Waals surface area contributed by atoms with Gasteiger partial charge < -0.3 is 0 Å². The predicted octanol–water partition coefficient (Wildman–Crippen LogP) is 0.943. The Bertz CT molecular complexity index is 447. The van der Waals surface area contributed by atoms with Crippen molar-refractivity contribution in [3.05, 3.63) is 43.7 Å². The molecule has 1 heterocycles. The zero-order chi connectivity index (χ0) is 10.0. The highest BCUT2D eigenvalue weighted by Crippen LogP contribution is 2.01. The number of hydrogen-bond donors (Lipinski definition) is 1.